The molecule has 1 aliphatic rings. The molecule has 0 aliphatic carbocycles. The van der Waals surface area contributed by atoms with Gasteiger partial charge in [0.2, 0.25) is 17.2 Å². The zero-order chi connectivity index (χ0) is 14.4. The van der Waals surface area contributed by atoms with Gasteiger partial charge in [0.15, 0.2) is 0 Å². The second-order valence-electron chi connectivity index (χ2n) is 5.10. The molecule has 0 spiro atoms. The van der Waals surface area contributed by atoms with Gasteiger partial charge in [-0.3, -0.25) is 0 Å². The lowest BCUT2D eigenvalue weighted by molar-refractivity contribution is 0.567. The molecule has 1 aromatic rings. The van der Waals surface area contributed by atoms with E-state index in [1.54, 1.807) is 0 Å². The molecule has 0 amide bonds. The number of hydrogen-bond acceptors (Lipinski definition) is 6. The molecule has 2 rings (SSSR count). The average Bonchev–Trinajstić information content (AvgIpc) is 2.45. The first-order valence-electron chi connectivity index (χ1n) is 7.11. The van der Waals surface area contributed by atoms with Crippen LogP contribution in [0.1, 0.15) is 32.6 Å². The van der Waals surface area contributed by atoms with Gasteiger partial charge in [0.05, 0.1) is 0 Å². The van der Waals surface area contributed by atoms with E-state index in [9.17, 15) is 0 Å². The number of thioether (sulfide) groups is 1. The van der Waals surface area contributed by atoms with E-state index in [4.69, 9.17) is 11.6 Å². The molecular weight excluding hydrogens is 294 g/mol. The molecule has 2 heterocycles. The monoisotopic (exact) mass is 315 g/mol. The predicted molar refractivity (Wildman–Crippen MR) is 87.0 cm³/mol. The summed E-state index contributed by atoms with van der Waals surface area (Å²) in [6.45, 7) is 4.14. The average molecular weight is 316 g/mol. The van der Waals surface area contributed by atoms with Crippen LogP contribution < -0.4 is 10.2 Å². The third-order valence-electron chi connectivity index (χ3n) is 3.37. The molecule has 112 valence electrons. The minimum atomic E-state index is 0.264. The van der Waals surface area contributed by atoms with E-state index in [1.165, 1.54) is 19.3 Å². The van der Waals surface area contributed by atoms with Crippen molar-refractivity contribution in [1.82, 2.24) is 15.0 Å². The van der Waals surface area contributed by atoms with Crippen LogP contribution in [-0.2, 0) is 0 Å². The first kappa shape index (κ1) is 15.6. The standard InChI is InChI=1S/C13H22ClN5S/c1-10(6-9-20-2)15-12-16-11(14)17-13(18-12)19-7-4-3-5-8-19/h10H,3-9H2,1-2H3,(H,15,16,17,18). The molecule has 1 saturated heterocycles. The number of anilines is 2. The third kappa shape index (κ3) is 4.66. The number of piperidine rings is 1. The van der Waals surface area contributed by atoms with Gasteiger partial charge in [-0.05, 0) is 56.2 Å². The van der Waals surface area contributed by atoms with Crippen LogP contribution in [0.25, 0.3) is 0 Å². The summed E-state index contributed by atoms with van der Waals surface area (Å²) in [5, 5.41) is 3.57. The van der Waals surface area contributed by atoms with E-state index in [-0.39, 0.29) is 5.28 Å². The summed E-state index contributed by atoms with van der Waals surface area (Å²) in [5.41, 5.74) is 0. The molecule has 1 fully saturated rings. The summed E-state index contributed by atoms with van der Waals surface area (Å²) in [7, 11) is 0. The van der Waals surface area contributed by atoms with E-state index in [1.807, 2.05) is 11.8 Å². The Morgan fingerprint density at radius 1 is 1.25 bits per heavy atom. The van der Waals surface area contributed by atoms with Gasteiger partial charge in [-0.25, -0.2) is 0 Å². The summed E-state index contributed by atoms with van der Waals surface area (Å²) in [6.07, 6.45) is 6.85. The highest BCUT2D eigenvalue weighted by atomic mass is 35.5. The van der Waals surface area contributed by atoms with Crippen LogP contribution in [0.2, 0.25) is 5.28 Å². The summed E-state index contributed by atoms with van der Waals surface area (Å²) in [5.74, 6) is 2.40. The molecule has 1 unspecified atom stereocenters. The SMILES string of the molecule is CSCCC(C)Nc1nc(Cl)nc(N2CCCCC2)n1. The van der Waals surface area contributed by atoms with Gasteiger partial charge in [-0.15, -0.1) is 0 Å². The summed E-state index contributed by atoms with van der Waals surface area (Å²) >= 11 is 7.87. The normalized spacial score (nSPS) is 17.1. The second kappa shape index (κ2) is 7.88. The fourth-order valence-electron chi connectivity index (χ4n) is 2.23. The van der Waals surface area contributed by atoms with Gasteiger partial charge >= 0.3 is 0 Å². The van der Waals surface area contributed by atoms with E-state index >= 15 is 0 Å². The van der Waals surface area contributed by atoms with Crippen molar-refractivity contribution in [2.45, 2.75) is 38.6 Å². The molecule has 0 aromatic carbocycles. The molecule has 0 bridgehead atoms. The second-order valence-corrected chi connectivity index (χ2v) is 6.43. The van der Waals surface area contributed by atoms with E-state index in [0.29, 0.717) is 17.9 Å². The van der Waals surface area contributed by atoms with Gasteiger partial charge < -0.3 is 10.2 Å². The van der Waals surface area contributed by atoms with Gasteiger partial charge in [0.1, 0.15) is 0 Å². The Hall–Kier alpha value is -0.750. The highest BCUT2D eigenvalue weighted by Crippen LogP contribution is 2.19. The summed E-state index contributed by atoms with van der Waals surface area (Å²) in [6, 6.07) is 0.329. The molecule has 7 heteroatoms. The quantitative estimate of drug-likeness (QED) is 0.870. The highest BCUT2D eigenvalue weighted by Gasteiger charge is 2.16. The van der Waals surface area contributed by atoms with Crippen molar-refractivity contribution in [3.05, 3.63) is 5.28 Å². The lowest BCUT2D eigenvalue weighted by Gasteiger charge is -2.26. The van der Waals surface area contributed by atoms with E-state index in [0.717, 1.165) is 25.3 Å². The molecule has 0 saturated carbocycles. The zero-order valence-corrected chi connectivity index (χ0v) is 13.7. The van der Waals surface area contributed by atoms with Crippen molar-refractivity contribution in [3.63, 3.8) is 0 Å². The number of nitrogens with zero attached hydrogens (tertiary/aromatic N) is 4. The fourth-order valence-corrected chi connectivity index (χ4v) is 2.97. The van der Waals surface area contributed by atoms with Crippen molar-refractivity contribution >= 4 is 35.3 Å². The minimum Gasteiger partial charge on any atom is -0.352 e. The Labute approximate surface area is 129 Å². The molecule has 1 atom stereocenters. The molecular formula is C13H22ClN5S. The molecule has 20 heavy (non-hydrogen) atoms. The zero-order valence-electron chi connectivity index (χ0n) is 12.1. The summed E-state index contributed by atoms with van der Waals surface area (Å²) in [4.78, 5) is 15.1. The maximum atomic E-state index is 6.02. The van der Waals surface area contributed by atoms with Crippen LogP contribution >= 0.6 is 23.4 Å². The van der Waals surface area contributed by atoms with Crippen LogP contribution in [0, 0.1) is 0 Å². The highest BCUT2D eigenvalue weighted by molar-refractivity contribution is 7.98. The van der Waals surface area contributed by atoms with E-state index in [2.05, 4.69) is 38.3 Å². The van der Waals surface area contributed by atoms with E-state index < -0.39 is 0 Å². The number of rotatable bonds is 6. The van der Waals surface area contributed by atoms with Crippen LogP contribution in [0.4, 0.5) is 11.9 Å². The number of halogens is 1. The topological polar surface area (TPSA) is 53.9 Å². The number of aromatic nitrogens is 3. The van der Waals surface area contributed by atoms with Crippen LogP contribution in [0.5, 0.6) is 0 Å². The molecule has 1 aliphatic heterocycles. The first-order valence-corrected chi connectivity index (χ1v) is 8.88. The lowest BCUT2D eigenvalue weighted by atomic mass is 10.1. The Morgan fingerprint density at radius 2 is 2.00 bits per heavy atom. The van der Waals surface area contributed by atoms with Crippen molar-refractivity contribution in [2.24, 2.45) is 0 Å². The molecule has 0 radical (unpaired) electrons. The Bertz CT molecular complexity index is 425. The van der Waals surface area contributed by atoms with Crippen LogP contribution in [-0.4, -0.2) is 46.1 Å². The van der Waals surface area contributed by atoms with Crippen LogP contribution in [0.3, 0.4) is 0 Å². The first-order chi connectivity index (χ1) is 9.69. The lowest BCUT2D eigenvalue weighted by Crippen LogP contribution is -2.31. The maximum absolute atomic E-state index is 6.02. The Balaban J connectivity index is 2.03. The predicted octanol–water partition coefficient (Wildman–Crippen LogP) is 3.07. The van der Waals surface area contributed by atoms with Gasteiger partial charge in [0.25, 0.3) is 0 Å². The third-order valence-corrected chi connectivity index (χ3v) is 4.18. The summed E-state index contributed by atoms with van der Waals surface area (Å²) < 4.78 is 0. The molecule has 1 aromatic heterocycles. The Morgan fingerprint density at radius 3 is 2.70 bits per heavy atom. The number of hydrogen-bond donors (Lipinski definition) is 1. The maximum Gasteiger partial charge on any atom is 0.231 e. The molecule has 5 nitrogen and oxygen atoms in total. The van der Waals surface area contributed by atoms with Gasteiger partial charge in [-0.2, -0.15) is 26.7 Å². The van der Waals surface area contributed by atoms with Gasteiger partial charge in [-0.1, -0.05) is 0 Å². The van der Waals surface area contributed by atoms with Gasteiger partial charge in [0, 0.05) is 19.1 Å². The van der Waals surface area contributed by atoms with Crippen molar-refractivity contribution in [2.75, 3.05) is 35.3 Å². The largest absolute Gasteiger partial charge is 0.352 e. The smallest absolute Gasteiger partial charge is 0.231 e. The minimum absolute atomic E-state index is 0.264. The van der Waals surface area contributed by atoms with Crippen molar-refractivity contribution in [3.8, 4) is 0 Å². The molecule has 1 N–H and O–H groups in total. The number of nitrogens with one attached hydrogen (secondary N) is 1. The Kier molecular flexibility index (Phi) is 6.16. The van der Waals surface area contributed by atoms with Crippen LogP contribution in [0.15, 0.2) is 0 Å². The van der Waals surface area contributed by atoms with Crippen molar-refractivity contribution in [1.29, 1.82) is 0 Å². The fraction of sp³-hybridized carbons (Fsp3) is 0.769. The van der Waals surface area contributed by atoms with Crippen molar-refractivity contribution < 1.29 is 0 Å².